The van der Waals surface area contributed by atoms with E-state index in [0.717, 1.165) is 5.56 Å². The van der Waals surface area contributed by atoms with Crippen LogP contribution in [0.1, 0.15) is 11.6 Å². The summed E-state index contributed by atoms with van der Waals surface area (Å²) in [5.74, 6) is -0.325. The fourth-order valence-corrected chi connectivity index (χ4v) is 2.14. The summed E-state index contributed by atoms with van der Waals surface area (Å²) < 4.78 is 14.1. The van der Waals surface area contributed by atoms with Gasteiger partial charge in [0.1, 0.15) is 11.3 Å². The molecule has 1 aromatic heterocycles. The van der Waals surface area contributed by atoms with Crippen molar-refractivity contribution in [3.8, 4) is 0 Å². The van der Waals surface area contributed by atoms with Gasteiger partial charge in [-0.25, -0.2) is 9.07 Å². The molecular formula is C15H13FN4O. The highest BCUT2D eigenvalue weighted by molar-refractivity contribution is 5.76. The van der Waals surface area contributed by atoms with Gasteiger partial charge in [0.2, 0.25) is 0 Å². The molecular weight excluding hydrogens is 271 g/mol. The zero-order chi connectivity index (χ0) is 14.8. The van der Waals surface area contributed by atoms with Crippen molar-refractivity contribution in [2.75, 3.05) is 0 Å². The number of nitrogens with two attached hydrogens (primary N) is 1. The lowest BCUT2D eigenvalue weighted by molar-refractivity contribution is 0.485. The first-order chi connectivity index (χ1) is 10.1. The standard InChI is InChI=1S/C15H13FN4O/c16-11-7-5-10(6-8-11)13(17)9-20-15(21)12-3-1-2-4-14(12)18-19-20/h1-8,13H,9,17H2. The van der Waals surface area contributed by atoms with Crippen LogP contribution in [0.3, 0.4) is 0 Å². The topological polar surface area (TPSA) is 73.8 Å². The van der Waals surface area contributed by atoms with Crippen LogP contribution >= 0.6 is 0 Å². The van der Waals surface area contributed by atoms with Gasteiger partial charge in [-0.05, 0) is 29.8 Å². The molecule has 0 aliphatic rings. The smallest absolute Gasteiger partial charge is 0.277 e. The van der Waals surface area contributed by atoms with Gasteiger partial charge in [0.25, 0.3) is 5.56 Å². The van der Waals surface area contributed by atoms with Crippen LogP contribution in [0.4, 0.5) is 4.39 Å². The summed E-state index contributed by atoms with van der Waals surface area (Å²) in [5.41, 5.74) is 7.09. The molecule has 0 radical (unpaired) electrons. The molecule has 2 N–H and O–H groups in total. The van der Waals surface area contributed by atoms with Crippen molar-refractivity contribution < 1.29 is 4.39 Å². The van der Waals surface area contributed by atoms with Crippen molar-refractivity contribution >= 4 is 10.9 Å². The normalized spacial score (nSPS) is 12.5. The summed E-state index contributed by atoms with van der Waals surface area (Å²) in [7, 11) is 0. The molecule has 1 atom stereocenters. The van der Waals surface area contributed by atoms with E-state index in [1.54, 1.807) is 36.4 Å². The van der Waals surface area contributed by atoms with E-state index in [0.29, 0.717) is 10.9 Å². The van der Waals surface area contributed by atoms with Crippen LogP contribution in [0.25, 0.3) is 10.9 Å². The third kappa shape index (κ3) is 2.66. The van der Waals surface area contributed by atoms with Gasteiger partial charge in [-0.2, -0.15) is 0 Å². The molecule has 1 heterocycles. The number of hydrogen-bond donors (Lipinski definition) is 1. The van der Waals surface area contributed by atoms with Crippen LogP contribution in [0.5, 0.6) is 0 Å². The molecule has 0 spiro atoms. The zero-order valence-electron chi connectivity index (χ0n) is 11.1. The van der Waals surface area contributed by atoms with Crippen molar-refractivity contribution in [1.82, 2.24) is 15.0 Å². The lowest BCUT2D eigenvalue weighted by atomic mass is 10.1. The van der Waals surface area contributed by atoms with Crippen LogP contribution in [0.2, 0.25) is 0 Å². The molecule has 5 nitrogen and oxygen atoms in total. The number of hydrogen-bond acceptors (Lipinski definition) is 4. The Balaban J connectivity index is 1.93. The van der Waals surface area contributed by atoms with Gasteiger partial charge in [-0.3, -0.25) is 4.79 Å². The highest BCUT2D eigenvalue weighted by Gasteiger charge is 2.11. The summed E-state index contributed by atoms with van der Waals surface area (Å²) in [6, 6.07) is 12.4. The van der Waals surface area contributed by atoms with E-state index < -0.39 is 6.04 Å². The van der Waals surface area contributed by atoms with Crippen LogP contribution in [-0.2, 0) is 6.54 Å². The molecule has 0 saturated heterocycles. The highest BCUT2D eigenvalue weighted by atomic mass is 19.1. The van der Waals surface area contributed by atoms with Gasteiger partial charge < -0.3 is 5.73 Å². The number of halogens is 1. The summed E-state index contributed by atoms with van der Waals surface area (Å²) in [6.07, 6.45) is 0. The minimum atomic E-state index is -0.459. The van der Waals surface area contributed by atoms with Crippen molar-refractivity contribution in [3.05, 3.63) is 70.3 Å². The SMILES string of the molecule is NC(Cn1nnc2ccccc2c1=O)c1ccc(F)cc1. The predicted octanol–water partition coefficient (Wildman–Crippen LogP) is 1.63. The number of rotatable bonds is 3. The van der Waals surface area contributed by atoms with Crippen LogP contribution in [0.15, 0.2) is 53.3 Å². The van der Waals surface area contributed by atoms with E-state index in [-0.39, 0.29) is 17.9 Å². The maximum absolute atomic E-state index is 12.9. The maximum atomic E-state index is 12.9. The number of fused-ring (bicyclic) bond motifs is 1. The van der Waals surface area contributed by atoms with E-state index >= 15 is 0 Å². The Labute approximate surface area is 119 Å². The van der Waals surface area contributed by atoms with Crippen molar-refractivity contribution in [1.29, 1.82) is 0 Å². The molecule has 1 unspecified atom stereocenters. The van der Waals surface area contributed by atoms with Crippen molar-refractivity contribution in [3.63, 3.8) is 0 Å². The summed E-state index contributed by atoms with van der Waals surface area (Å²) in [5, 5.41) is 8.39. The Bertz CT molecular complexity index is 829. The van der Waals surface area contributed by atoms with E-state index in [1.807, 2.05) is 0 Å². The Morgan fingerprint density at radius 2 is 1.86 bits per heavy atom. The quantitative estimate of drug-likeness (QED) is 0.793. The van der Waals surface area contributed by atoms with E-state index in [9.17, 15) is 9.18 Å². The molecule has 0 aliphatic heterocycles. The Morgan fingerprint density at radius 3 is 2.62 bits per heavy atom. The summed E-state index contributed by atoms with van der Waals surface area (Å²) in [4.78, 5) is 12.3. The summed E-state index contributed by atoms with van der Waals surface area (Å²) >= 11 is 0. The first kappa shape index (κ1) is 13.4. The highest BCUT2D eigenvalue weighted by Crippen LogP contribution is 2.12. The zero-order valence-corrected chi connectivity index (χ0v) is 11.1. The Kier molecular flexibility index (Phi) is 3.45. The molecule has 0 bridgehead atoms. The third-order valence-electron chi connectivity index (χ3n) is 3.30. The maximum Gasteiger partial charge on any atom is 0.277 e. The second-order valence-corrected chi connectivity index (χ2v) is 4.75. The number of aromatic nitrogens is 3. The van der Waals surface area contributed by atoms with Crippen LogP contribution in [-0.4, -0.2) is 15.0 Å². The second-order valence-electron chi connectivity index (χ2n) is 4.75. The first-order valence-electron chi connectivity index (χ1n) is 6.49. The van der Waals surface area contributed by atoms with Gasteiger partial charge in [-0.15, -0.1) is 5.10 Å². The first-order valence-corrected chi connectivity index (χ1v) is 6.49. The summed E-state index contributed by atoms with van der Waals surface area (Å²) in [6.45, 7) is 0.183. The third-order valence-corrected chi connectivity index (χ3v) is 3.30. The average molecular weight is 284 g/mol. The monoisotopic (exact) mass is 284 g/mol. The van der Waals surface area contributed by atoms with Gasteiger partial charge in [0.15, 0.2) is 0 Å². The van der Waals surface area contributed by atoms with Crippen molar-refractivity contribution in [2.24, 2.45) is 5.73 Å². The predicted molar refractivity (Wildman–Crippen MR) is 77.1 cm³/mol. The fourth-order valence-electron chi connectivity index (χ4n) is 2.14. The van der Waals surface area contributed by atoms with E-state index in [2.05, 4.69) is 10.3 Å². The molecule has 2 aromatic carbocycles. The molecule has 0 amide bonds. The minimum absolute atomic E-state index is 0.183. The van der Waals surface area contributed by atoms with Crippen LogP contribution < -0.4 is 11.3 Å². The van der Waals surface area contributed by atoms with Gasteiger partial charge in [0, 0.05) is 6.04 Å². The number of benzene rings is 2. The molecule has 0 saturated carbocycles. The molecule has 0 aliphatic carbocycles. The second kappa shape index (κ2) is 5.41. The fraction of sp³-hybridized carbons (Fsp3) is 0.133. The molecule has 6 heteroatoms. The molecule has 3 aromatic rings. The molecule has 106 valence electrons. The largest absolute Gasteiger partial charge is 0.322 e. The molecule has 21 heavy (non-hydrogen) atoms. The van der Waals surface area contributed by atoms with Gasteiger partial charge in [-0.1, -0.05) is 29.5 Å². The van der Waals surface area contributed by atoms with E-state index in [4.69, 9.17) is 5.73 Å². The van der Waals surface area contributed by atoms with Gasteiger partial charge >= 0.3 is 0 Å². The van der Waals surface area contributed by atoms with Gasteiger partial charge in [0.05, 0.1) is 11.9 Å². The van der Waals surface area contributed by atoms with E-state index in [1.165, 1.54) is 16.8 Å². The minimum Gasteiger partial charge on any atom is -0.322 e. The average Bonchev–Trinajstić information content (AvgIpc) is 2.51. The Hall–Kier alpha value is -2.60. The van der Waals surface area contributed by atoms with Crippen LogP contribution in [0, 0.1) is 5.82 Å². The lowest BCUT2D eigenvalue weighted by Crippen LogP contribution is -2.29. The van der Waals surface area contributed by atoms with Crippen molar-refractivity contribution in [2.45, 2.75) is 12.6 Å². The molecule has 3 rings (SSSR count). The number of nitrogens with zero attached hydrogens (tertiary/aromatic N) is 3. The molecule has 0 fully saturated rings. The lowest BCUT2D eigenvalue weighted by Gasteiger charge is -2.12. The Morgan fingerprint density at radius 1 is 1.14 bits per heavy atom.